The summed E-state index contributed by atoms with van der Waals surface area (Å²) in [5, 5.41) is 119. The first-order valence-electron chi connectivity index (χ1n) is 23.7. The maximum Gasteiger partial charge on any atom is 0.220 e. The molecule has 1 amide bonds. The molecule has 3 aliphatic rings. The van der Waals surface area contributed by atoms with Crippen LogP contribution in [0, 0.1) is 0 Å². The van der Waals surface area contributed by atoms with Gasteiger partial charge in [0.1, 0.15) is 73.2 Å². The summed E-state index contributed by atoms with van der Waals surface area (Å²) in [6.07, 6.45) is 7.25. The van der Waals surface area contributed by atoms with Crippen LogP contribution in [0.2, 0.25) is 0 Å². The van der Waals surface area contributed by atoms with Crippen molar-refractivity contribution >= 4 is 5.91 Å². The number of ether oxygens (including phenoxy) is 6. The zero-order valence-electron chi connectivity index (χ0n) is 38.8. The van der Waals surface area contributed by atoms with E-state index in [9.17, 15) is 61.0 Å². The highest BCUT2D eigenvalue weighted by Crippen LogP contribution is 2.33. The summed E-state index contributed by atoms with van der Waals surface area (Å²) in [5.41, 5.74) is 0. The number of nitrogens with one attached hydrogen (secondary N) is 1. The molecule has 19 heteroatoms. The Morgan fingerprint density at radius 2 is 0.985 bits per heavy atom. The monoisotopic (exact) mass is 958 g/mol. The van der Waals surface area contributed by atoms with E-state index < -0.39 is 124 Å². The molecule has 3 aliphatic heterocycles. The number of carbonyl (C=O) groups excluding carboxylic acids is 1. The molecular formula is C48H79NO18. The summed E-state index contributed by atoms with van der Waals surface area (Å²) < 4.78 is 33.8. The van der Waals surface area contributed by atoms with Crippen molar-refractivity contribution in [3.05, 3.63) is 72.9 Å². The van der Waals surface area contributed by atoms with Crippen LogP contribution in [0.1, 0.15) is 90.9 Å². The van der Waals surface area contributed by atoms with E-state index in [1.54, 1.807) is 0 Å². The highest BCUT2D eigenvalue weighted by Gasteiger charge is 2.53. The van der Waals surface area contributed by atoms with E-state index in [2.05, 4.69) is 73.0 Å². The predicted molar refractivity (Wildman–Crippen MR) is 245 cm³/mol. The van der Waals surface area contributed by atoms with Crippen molar-refractivity contribution in [3.8, 4) is 0 Å². The zero-order valence-corrected chi connectivity index (χ0v) is 38.8. The predicted octanol–water partition coefficient (Wildman–Crippen LogP) is 0.355. The lowest BCUT2D eigenvalue weighted by molar-refractivity contribution is -0.379. The molecule has 67 heavy (non-hydrogen) atoms. The zero-order chi connectivity index (χ0) is 49.1. The molecule has 0 aromatic rings. The molecule has 0 bridgehead atoms. The van der Waals surface area contributed by atoms with Crippen molar-refractivity contribution in [1.29, 1.82) is 0 Å². The van der Waals surface area contributed by atoms with Gasteiger partial charge in [-0.15, -0.1) is 0 Å². The van der Waals surface area contributed by atoms with E-state index in [0.29, 0.717) is 25.7 Å². The van der Waals surface area contributed by atoms with Crippen LogP contribution in [-0.2, 0) is 33.2 Å². The Labute approximate surface area is 394 Å². The van der Waals surface area contributed by atoms with Gasteiger partial charge >= 0.3 is 0 Å². The summed E-state index contributed by atoms with van der Waals surface area (Å²) in [4.78, 5) is 13.0. The molecule has 17 atom stereocenters. The standard InChI is InChI=1S/C48H79NO18/c1-3-5-7-8-9-10-11-12-13-14-15-16-17-18-19-20-21-22-24-26-36(54)49-31(32(53)25-23-6-4-2)30-62-46-42(60)39(57)44(34(28-51)64-46)67-48-43(61)40(58)45(35(29-52)65-48)66-47-41(59)38(56)37(55)33(27-50)63-47/h5,7,9-10,12-13,15-16,18-19,21-22,31-35,37-48,50-53,55-61H,3-4,6,8,11,14,17,20,23-30H2,1-2H3,(H,49,54)/b7-5-,10-9-,13-12-,16-15-,19-18-,22-21-. The quantitative estimate of drug-likeness (QED) is 0.0342. The minimum absolute atomic E-state index is 0.134. The van der Waals surface area contributed by atoms with Crippen LogP contribution < -0.4 is 5.32 Å². The number of allylic oxidation sites excluding steroid dienone is 12. The Morgan fingerprint density at radius 1 is 0.552 bits per heavy atom. The molecule has 3 rings (SSSR count). The Balaban J connectivity index is 1.49. The van der Waals surface area contributed by atoms with Gasteiger partial charge in [0.15, 0.2) is 18.9 Å². The third kappa shape index (κ3) is 19.5. The van der Waals surface area contributed by atoms with Crippen LogP contribution >= 0.6 is 0 Å². The minimum Gasteiger partial charge on any atom is -0.394 e. The van der Waals surface area contributed by atoms with Crippen molar-refractivity contribution in [2.75, 3.05) is 26.4 Å². The van der Waals surface area contributed by atoms with Crippen LogP contribution in [0.3, 0.4) is 0 Å². The molecule has 0 aromatic heterocycles. The van der Waals surface area contributed by atoms with Gasteiger partial charge in [0, 0.05) is 6.42 Å². The van der Waals surface area contributed by atoms with Gasteiger partial charge in [-0.05, 0) is 51.4 Å². The van der Waals surface area contributed by atoms with Crippen LogP contribution in [0.4, 0.5) is 0 Å². The average Bonchev–Trinajstić information content (AvgIpc) is 3.32. The second kappa shape index (κ2) is 32.9. The fraction of sp³-hybridized carbons (Fsp3) is 0.729. The second-order valence-electron chi connectivity index (χ2n) is 16.8. The summed E-state index contributed by atoms with van der Waals surface area (Å²) in [6, 6.07) is -0.926. The summed E-state index contributed by atoms with van der Waals surface area (Å²) in [7, 11) is 0. The van der Waals surface area contributed by atoms with Crippen LogP contribution in [0.5, 0.6) is 0 Å². The molecule has 0 spiro atoms. The Hall–Kier alpha value is -2.77. The lowest BCUT2D eigenvalue weighted by Gasteiger charge is -2.48. The molecule has 3 fully saturated rings. The van der Waals surface area contributed by atoms with E-state index >= 15 is 0 Å². The highest BCUT2D eigenvalue weighted by molar-refractivity contribution is 5.76. The van der Waals surface area contributed by atoms with E-state index in [4.69, 9.17) is 28.4 Å². The van der Waals surface area contributed by atoms with E-state index in [1.807, 2.05) is 19.1 Å². The maximum atomic E-state index is 13.0. The van der Waals surface area contributed by atoms with Gasteiger partial charge in [-0.3, -0.25) is 4.79 Å². The van der Waals surface area contributed by atoms with Gasteiger partial charge in [0.2, 0.25) is 5.91 Å². The number of amides is 1. The third-order valence-electron chi connectivity index (χ3n) is 11.6. The van der Waals surface area contributed by atoms with Crippen molar-refractivity contribution < 1.29 is 89.4 Å². The number of rotatable bonds is 30. The first-order valence-corrected chi connectivity index (χ1v) is 23.7. The molecule has 17 unspecified atom stereocenters. The van der Waals surface area contributed by atoms with Gasteiger partial charge < -0.3 is 89.9 Å². The smallest absolute Gasteiger partial charge is 0.220 e. The van der Waals surface area contributed by atoms with Gasteiger partial charge in [-0.1, -0.05) is 106 Å². The van der Waals surface area contributed by atoms with Crippen molar-refractivity contribution in [3.63, 3.8) is 0 Å². The molecule has 0 saturated carbocycles. The Morgan fingerprint density at radius 3 is 1.46 bits per heavy atom. The molecular weight excluding hydrogens is 879 g/mol. The van der Waals surface area contributed by atoms with E-state index in [0.717, 1.165) is 44.9 Å². The van der Waals surface area contributed by atoms with Gasteiger partial charge in [0.05, 0.1) is 38.6 Å². The third-order valence-corrected chi connectivity index (χ3v) is 11.6. The van der Waals surface area contributed by atoms with Crippen LogP contribution in [-0.4, -0.2) is 193 Å². The SMILES string of the molecule is CC/C=C\C/C=C\C/C=C\C/C=C\C/C=C\C/C=C\CCC(=O)NC(COC1OC(CO)C(OC2OC(CO)C(OC3OC(CO)C(O)C(O)C3O)C(O)C2O)C(O)C1O)C(O)CCCCC. The second-order valence-corrected chi connectivity index (χ2v) is 16.8. The van der Waals surface area contributed by atoms with Crippen molar-refractivity contribution in [2.45, 2.75) is 195 Å². The van der Waals surface area contributed by atoms with Crippen LogP contribution in [0.15, 0.2) is 72.9 Å². The molecule has 3 saturated heterocycles. The lowest BCUT2D eigenvalue weighted by atomic mass is 9.96. The summed E-state index contributed by atoms with van der Waals surface area (Å²) in [6.45, 7) is 1.36. The fourth-order valence-electron chi connectivity index (χ4n) is 7.57. The Kier molecular flexibility index (Phi) is 28.8. The Bertz CT molecular complexity index is 1520. The van der Waals surface area contributed by atoms with Gasteiger partial charge in [-0.2, -0.15) is 0 Å². The van der Waals surface area contributed by atoms with E-state index in [1.165, 1.54) is 0 Å². The molecule has 12 N–H and O–H groups in total. The molecule has 19 nitrogen and oxygen atoms in total. The minimum atomic E-state index is -1.98. The summed E-state index contributed by atoms with van der Waals surface area (Å²) in [5.74, 6) is -0.343. The largest absolute Gasteiger partial charge is 0.394 e. The van der Waals surface area contributed by atoms with Crippen molar-refractivity contribution in [2.24, 2.45) is 0 Å². The number of aliphatic hydroxyl groups excluding tert-OH is 11. The van der Waals surface area contributed by atoms with Gasteiger partial charge in [-0.25, -0.2) is 0 Å². The first kappa shape index (κ1) is 58.5. The lowest BCUT2D eigenvalue weighted by Crippen LogP contribution is -2.66. The highest BCUT2D eigenvalue weighted by atomic mass is 16.8. The number of aliphatic hydroxyl groups is 11. The molecule has 0 aromatic carbocycles. The average molecular weight is 958 g/mol. The topological polar surface area (TPSA) is 307 Å². The molecule has 3 heterocycles. The normalized spacial score (nSPS) is 34.1. The number of unbranched alkanes of at least 4 members (excludes halogenated alkanes) is 2. The van der Waals surface area contributed by atoms with E-state index in [-0.39, 0.29) is 18.9 Å². The molecule has 384 valence electrons. The van der Waals surface area contributed by atoms with Crippen molar-refractivity contribution in [1.82, 2.24) is 5.32 Å². The van der Waals surface area contributed by atoms with Crippen LogP contribution in [0.25, 0.3) is 0 Å². The number of hydrogen-bond acceptors (Lipinski definition) is 18. The summed E-state index contributed by atoms with van der Waals surface area (Å²) >= 11 is 0. The molecule has 0 radical (unpaired) electrons. The maximum absolute atomic E-state index is 13.0. The molecule has 0 aliphatic carbocycles. The van der Waals surface area contributed by atoms with Gasteiger partial charge in [0.25, 0.3) is 0 Å². The first-order chi connectivity index (χ1) is 32.3. The fourth-order valence-corrected chi connectivity index (χ4v) is 7.57. The number of hydrogen-bond donors (Lipinski definition) is 12. The number of carbonyl (C=O) groups is 1.